The summed E-state index contributed by atoms with van der Waals surface area (Å²) in [5, 5.41) is 8.84. The zero-order valence-corrected chi connectivity index (χ0v) is 7.84. The molecule has 0 aliphatic rings. The molecule has 0 heterocycles. The second-order valence-electron chi connectivity index (χ2n) is 3.46. The highest BCUT2D eigenvalue weighted by Gasteiger charge is 1.96. The van der Waals surface area contributed by atoms with Crippen LogP contribution in [0.2, 0.25) is 0 Å². The van der Waals surface area contributed by atoms with E-state index in [0.29, 0.717) is 6.61 Å². The molecule has 0 fully saturated rings. The number of aliphatic hydroxyl groups excluding tert-OH is 1. The normalized spacial score (nSPS) is 13.9. The number of hydrogen-bond donors (Lipinski definition) is 1. The van der Waals surface area contributed by atoms with Gasteiger partial charge >= 0.3 is 0 Å². The molecule has 0 aromatic carbocycles. The van der Waals surface area contributed by atoms with Crippen molar-refractivity contribution in [3.8, 4) is 0 Å². The van der Waals surface area contributed by atoms with Crippen molar-refractivity contribution in [3.63, 3.8) is 0 Å². The van der Waals surface area contributed by atoms with Gasteiger partial charge in [-0.25, -0.2) is 0 Å². The lowest BCUT2D eigenvalue weighted by Gasteiger charge is -2.07. The van der Waals surface area contributed by atoms with Crippen molar-refractivity contribution < 1.29 is 9.84 Å². The van der Waals surface area contributed by atoms with Crippen molar-refractivity contribution in [2.24, 2.45) is 5.92 Å². The Morgan fingerprint density at radius 3 is 2.36 bits per heavy atom. The molecule has 0 saturated heterocycles. The van der Waals surface area contributed by atoms with Crippen molar-refractivity contribution in [1.29, 1.82) is 0 Å². The fourth-order valence-corrected chi connectivity index (χ4v) is 0.848. The molecule has 0 rings (SSSR count). The first-order valence-electron chi connectivity index (χ1n) is 4.38. The van der Waals surface area contributed by atoms with Crippen LogP contribution in [0, 0.1) is 5.92 Å². The van der Waals surface area contributed by atoms with E-state index in [1.165, 1.54) is 6.42 Å². The van der Waals surface area contributed by atoms with Gasteiger partial charge in [0.15, 0.2) is 0 Å². The summed E-state index contributed by atoms with van der Waals surface area (Å²) in [5.41, 5.74) is 0. The van der Waals surface area contributed by atoms with E-state index in [9.17, 15) is 0 Å². The first kappa shape index (κ1) is 10.9. The lowest BCUT2D eigenvalue weighted by atomic mass is 10.1. The molecular formula is C9H20O2. The van der Waals surface area contributed by atoms with Gasteiger partial charge in [-0.15, -0.1) is 0 Å². The van der Waals surface area contributed by atoms with Gasteiger partial charge < -0.3 is 9.84 Å². The molecule has 0 aromatic rings. The van der Waals surface area contributed by atoms with E-state index in [4.69, 9.17) is 9.84 Å². The first-order chi connectivity index (χ1) is 5.13. The molecule has 2 heteroatoms. The molecule has 0 spiro atoms. The summed E-state index contributed by atoms with van der Waals surface area (Å²) >= 11 is 0. The summed E-state index contributed by atoms with van der Waals surface area (Å²) in [5.74, 6) is 0.755. The molecule has 0 aliphatic carbocycles. The predicted octanol–water partition coefficient (Wildman–Crippen LogP) is 1.82. The molecule has 0 aliphatic heterocycles. The second-order valence-corrected chi connectivity index (χ2v) is 3.46. The molecule has 0 aromatic heterocycles. The fourth-order valence-electron chi connectivity index (χ4n) is 0.848. The van der Waals surface area contributed by atoms with Gasteiger partial charge in [-0.3, -0.25) is 0 Å². The maximum atomic E-state index is 8.84. The molecule has 0 unspecified atom stereocenters. The molecule has 0 saturated carbocycles. The Labute approximate surface area is 69.6 Å². The van der Waals surface area contributed by atoms with Crippen LogP contribution in [0.4, 0.5) is 0 Å². The van der Waals surface area contributed by atoms with Crippen LogP contribution >= 0.6 is 0 Å². The van der Waals surface area contributed by atoms with E-state index in [1.54, 1.807) is 6.92 Å². The smallest absolute Gasteiger partial charge is 0.0745 e. The molecule has 68 valence electrons. The second kappa shape index (κ2) is 6.62. The molecule has 1 atom stereocenters. The summed E-state index contributed by atoms with van der Waals surface area (Å²) in [6.07, 6.45) is 1.98. The standard InChI is InChI=1S/C9H20O2/c1-8(2)5-4-6-11-7-9(3)10/h8-10H,4-7H2,1-3H3/t9-/m0/s1. The zero-order chi connectivity index (χ0) is 8.69. The van der Waals surface area contributed by atoms with E-state index >= 15 is 0 Å². The molecule has 1 N–H and O–H groups in total. The molecule has 11 heavy (non-hydrogen) atoms. The van der Waals surface area contributed by atoms with Gasteiger partial charge in [-0.2, -0.15) is 0 Å². The summed E-state index contributed by atoms with van der Waals surface area (Å²) in [6.45, 7) is 7.40. The van der Waals surface area contributed by atoms with Crippen LogP contribution in [-0.4, -0.2) is 24.4 Å². The highest BCUT2D eigenvalue weighted by molar-refractivity contribution is 4.46. The average Bonchev–Trinajstić information content (AvgIpc) is 1.85. The number of ether oxygens (including phenoxy) is 1. The van der Waals surface area contributed by atoms with Crippen molar-refractivity contribution in [2.45, 2.75) is 39.7 Å². The van der Waals surface area contributed by atoms with E-state index in [0.717, 1.165) is 18.9 Å². The third-order valence-electron chi connectivity index (χ3n) is 1.43. The van der Waals surface area contributed by atoms with Gasteiger partial charge in [-0.05, 0) is 25.7 Å². The van der Waals surface area contributed by atoms with E-state index in [2.05, 4.69) is 13.8 Å². The van der Waals surface area contributed by atoms with Gasteiger partial charge in [0.1, 0.15) is 0 Å². The highest BCUT2D eigenvalue weighted by Crippen LogP contribution is 2.02. The van der Waals surface area contributed by atoms with E-state index in [1.807, 2.05) is 0 Å². The lowest BCUT2D eigenvalue weighted by molar-refractivity contribution is 0.0438. The maximum absolute atomic E-state index is 8.84. The minimum absolute atomic E-state index is 0.325. The van der Waals surface area contributed by atoms with E-state index < -0.39 is 0 Å². The lowest BCUT2D eigenvalue weighted by Crippen LogP contribution is -2.11. The number of aliphatic hydroxyl groups is 1. The maximum Gasteiger partial charge on any atom is 0.0745 e. The minimum Gasteiger partial charge on any atom is -0.391 e. The molecule has 2 nitrogen and oxygen atoms in total. The van der Waals surface area contributed by atoms with Crippen LogP contribution in [0.3, 0.4) is 0 Å². The van der Waals surface area contributed by atoms with Gasteiger partial charge in [0.05, 0.1) is 12.7 Å². The van der Waals surface area contributed by atoms with Gasteiger partial charge in [-0.1, -0.05) is 13.8 Å². The third-order valence-corrected chi connectivity index (χ3v) is 1.43. The summed E-state index contributed by atoms with van der Waals surface area (Å²) in [4.78, 5) is 0. The molecule has 0 radical (unpaired) electrons. The van der Waals surface area contributed by atoms with Crippen LogP contribution in [0.1, 0.15) is 33.6 Å². The minimum atomic E-state index is -0.325. The van der Waals surface area contributed by atoms with E-state index in [-0.39, 0.29) is 6.10 Å². The number of rotatable bonds is 6. The first-order valence-corrected chi connectivity index (χ1v) is 4.38. The molecular weight excluding hydrogens is 140 g/mol. The van der Waals surface area contributed by atoms with Gasteiger partial charge in [0, 0.05) is 6.61 Å². The highest BCUT2D eigenvalue weighted by atomic mass is 16.5. The summed E-state index contributed by atoms with van der Waals surface area (Å²) in [6, 6.07) is 0. The zero-order valence-electron chi connectivity index (χ0n) is 7.84. The Bertz CT molecular complexity index is 69.6. The van der Waals surface area contributed by atoms with Crippen LogP contribution in [0.25, 0.3) is 0 Å². The van der Waals surface area contributed by atoms with Crippen molar-refractivity contribution in [3.05, 3.63) is 0 Å². The third kappa shape index (κ3) is 9.92. The molecule has 0 bridgehead atoms. The summed E-state index contributed by atoms with van der Waals surface area (Å²) < 4.78 is 5.20. The quantitative estimate of drug-likeness (QED) is 0.600. The van der Waals surface area contributed by atoms with Crippen molar-refractivity contribution in [2.75, 3.05) is 13.2 Å². The summed E-state index contributed by atoms with van der Waals surface area (Å²) in [7, 11) is 0. The van der Waals surface area contributed by atoms with Crippen molar-refractivity contribution in [1.82, 2.24) is 0 Å². The van der Waals surface area contributed by atoms with Crippen LogP contribution in [0.15, 0.2) is 0 Å². The van der Waals surface area contributed by atoms with Crippen molar-refractivity contribution >= 4 is 0 Å². The Kier molecular flexibility index (Phi) is 6.57. The fraction of sp³-hybridized carbons (Fsp3) is 1.00. The Balaban J connectivity index is 2.91. The largest absolute Gasteiger partial charge is 0.391 e. The molecule has 0 amide bonds. The Morgan fingerprint density at radius 1 is 1.27 bits per heavy atom. The monoisotopic (exact) mass is 160 g/mol. The SMILES string of the molecule is CC(C)CCCOC[C@H](C)O. The van der Waals surface area contributed by atoms with Crippen LogP contribution in [-0.2, 0) is 4.74 Å². The predicted molar refractivity (Wildman–Crippen MR) is 46.6 cm³/mol. The average molecular weight is 160 g/mol. The van der Waals surface area contributed by atoms with Gasteiger partial charge in [0.25, 0.3) is 0 Å². The Hall–Kier alpha value is -0.0800. The topological polar surface area (TPSA) is 29.5 Å². The van der Waals surface area contributed by atoms with Crippen LogP contribution in [0.5, 0.6) is 0 Å². The van der Waals surface area contributed by atoms with Gasteiger partial charge in [0.2, 0.25) is 0 Å². The Morgan fingerprint density at radius 2 is 1.91 bits per heavy atom. The van der Waals surface area contributed by atoms with Crippen LogP contribution < -0.4 is 0 Å². The number of hydrogen-bond acceptors (Lipinski definition) is 2.